The molecule has 0 saturated heterocycles. The summed E-state index contributed by atoms with van der Waals surface area (Å²) in [5.41, 5.74) is 0. The minimum Gasteiger partial charge on any atom is -0.351 e. The number of rotatable bonds is 7. The van der Waals surface area contributed by atoms with Gasteiger partial charge in [0.1, 0.15) is 0 Å². The molecule has 15 heavy (non-hydrogen) atoms. The van der Waals surface area contributed by atoms with E-state index in [1.165, 1.54) is 0 Å². The molecule has 0 fully saturated rings. The van der Waals surface area contributed by atoms with Crippen molar-refractivity contribution in [2.24, 2.45) is 0 Å². The van der Waals surface area contributed by atoms with Gasteiger partial charge in [-0.1, -0.05) is 13.8 Å². The number of carbonyl (C=O) groups is 1. The summed E-state index contributed by atoms with van der Waals surface area (Å²) in [6, 6.07) is 0.0809. The summed E-state index contributed by atoms with van der Waals surface area (Å²) in [5.74, 6) is 0.0668. The Morgan fingerprint density at radius 2 is 1.80 bits per heavy atom. The van der Waals surface area contributed by atoms with E-state index in [0.717, 1.165) is 19.6 Å². The molecule has 0 radical (unpaired) electrons. The Morgan fingerprint density at radius 3 is 2.20 bits per heavy atom. The van der Waals surface area contributed by atoms with Crippen molar-refractivity contribution in [1.29, 1.82) is 0 Å². The van der Waals surface area contributed by atoms with Gasteiger partial charge in [-0.3, -0.25) is 4.79 Å². The van der Waals surface area contributed by atoms with E-state index < -0.39 is 0 Å². The standard InChI is InChI=1S/C11H25N3O/c1-6-14(7-2)8-9(3)13-11(15)10(4)12-5/h9-10,12H,6-8H2,1-5H3,(H,13,15). The SMILES string of the molecule is CCN(CC)CC(C)NC(=O)C(C)NC. The van der Waals surface area contributed by atoms with Crippen LogP contribution in [-0.4, -0.2) is 49.6 Å². The van der Waals surface area contributed by atoms with Crippen molar-refractivity contribution in [2.45, 2.75) is 39.8 Å². The summed E-state index contributed by atoms with van der Waals surface area (Å²) in [7, 11) is 1.79. The van der Waals surface area contributed by atoms with Crippen LogP contribution in [0.2, 0.25) is 0 Å². The van der Waals surface area contributed by atoms with Crippen molar-refractivity contribution in [3.63, 3.8) is 0 Å². The number of carbonyl (C=O) groups excluding carboxylic acids is 1. The van der Waals surface area contributed by atoms with E-state index in [1.807, 2.05) is 13.8 Å². The molecule has 0 saturated carbocycles. The molecule has 0 aliphatic carbocycles. The highest BCUT2D eigenvalue weighted by molar-refractivity contribution is 5.81. The van der Waals surface area contributed by atoms with Crippen LogP contribution in [-0.2, 0) is 4.79 Å². The Hall–Kier alpha value is -0.610. The number of nitrogens with zero attached hydrogens (tertiary/aromatic N) is 1. The van der Waals surface area contributed by atoms with Gasteiger partial charge in [0, 0.05) is 12.6 Å². The molecule has 0 heterocycles. The van der Waals surface area contributed by atoms with E-state index in [0.29, 0.717) is 0 Å². The Kier molecular flexibility index (Phi) is 7.34. The van der Waals surface area contributed by atoms with Crippen LogP contribution in [0.25, 0.3) is 0 Å². The fourth-order valence-corrected chi connectivity index (χ4v) is 1.41. The zero-order chi connectivity index (χ0) is 11.8. The number of likely N-dealkylation sites (N-methyl/N-ethyl adjacent to an activating group) is 2. The van der Waals surface area contributed by atoms with Gasteiger partial charge in [-0.15, -0.1) is 0 Å². The van der Waals surface area contributed by atoms with Gasteiger partial charge in [0.25, 0.3) is 0 Å². The first kappa shape index (κ1) is 14.4. The summed E-state index contributed by atoms with van der Waals surface area (Å²) < 4.78 is 0. The van der Waals surface area contributed by atoms with E-state index in [4.69, 9.17) is 0 Å². The molecule has 2 N–H and O–H groups in total. The molecule has 0 aromatic rings. The molecule has 0 aromatic heterocycles. The highest BCUT2D eigenvalue weighted by Gasteiger charge is 2.14. The molecule has 0 rings (SSSR count). The van der Waals surface area contributed by atoms with Gasteiger partial charge >= 0.3 is 0 Å². The first-order valence-electron chi connectivity index (χ1n) is 5.75. The highest BCUT2D eigenvalue weighted by atomic mass is 16.2. The minimum absolute atomic E-state index is 0.0668. The summed E-state index contributed by atoms with van der Waals surface area (Å²) in [6.07, 6.45) is 0. The lowest BCUT2D eigenvalue weighted by atomic mass is 10.2. The molecule has 2 atom stereocenters. The smallest absolute Gasteiger partial charge is 0.237 e. The Bertz CT molecular complexity index is 181. The lowest BCUT2D eigenvalue weighted by molar-refractivity contribution is -0.123. The first-order valence-corrected chi connectivity index (χ1v) is 5.75. The van der Waals surface area contributed by atoms with Crippen LogP contribution in [0.5, 0.6) is 0 Å². The molecule has 0 spiro atoms. The van der Waals surface area contributed by atoms with Crippen molar-refractivity contribution in [3.05, 3.63) is 0 Å². The molecular weight excluding hydrogens is 190 g/mol. The van der Waals surface area contributed by atoms with Gasteiger partial charge in [0.2, 0.25) is 5.91 Å². The maximum Gasteiger partial charge on any atom is 0.237 e. The maximum atomic E-state index is 11.6. The van der Waals surface area contributed by atoms with E-state index in [2.05, 4.69) is 29.4 Å². The average Bonchev–Trinajstić information content (AvgIpc) is 2.24. The second-order valence-corrected chi connectivity index (χ2v) is 3.91. The van der Waals surface area contributed by atoms with Crippen LogP contribution in [0, 0.1) is 0 Å². The Balaban J connectivity index is 3.91. The second kappa shape index (κ2) is 7.65. The Morgan fingerprint density at radius 1 is 1.27 bits per heavy atom. The third kappa shape index (κ3) is 5.74. The van der Waals surface area contributed by atoms with Gasteiger partial charge in [-0.2, -0.15) is 0 Å². The molecule has 4 heteroatoms. The predicted molar refractivity (Wildman–Crippen MR) is 63.9 cm³/mol. The van der Waals surface area contributed by atoms with Gasteiger partial charge < -0.3 is 15.5 Å². The van der Waals surface area contributed by atoms with Gasteiger partial charge in [-0.05, 0) is 34.0 Å². The molecule has 0 bridgehead atoms. The van der Waals surface area contributed by atoms with Gasteiger partial charge in [0.05, 0.1) is 6.04 Å². The van der Waals surface area contributed by atoms with Crippen LogP contribution in [0.1, 0.15) is 27.7 Å². The number of nitrogens with one attached hydrogen (secondary N) is 2. The Labute approximate surface area is 93.4 Å². The van der Waals surface area contributed by atoms with Crippen LogP contribution in [0.15, 0.2) is 0 Å². The average molecular weight is 215 g/mol. The fourth-order valence-electron chi connectivity index (χ4n) is 1.41. The van der Waals surface area contributed by atoms with Crippen molar-refractivity contribution in [2.75, 3.05) is 26.7 Å². The van der Waals surface area contributed by atoms with Crippen LogP contribution >= 0.6 is 0 Å². The van der Waals surface area contributed by atoms with Gasteiger partial charge in [-0.25, -0.2) is 0 Å². The number of hydrogen-bond donors (Lipinski definition) is 2. The molecule has 2 unspecified atom stereocenters. The lowest BCUT2D eigenvalue weighted by Crippen LogP contribution is -2.48. The second-order valence-electron chi connectivity index (χ2n) is 3.91. The first-order chi connectivity index (χ1) is 7.04. The van der Waals surface area contributed by atoms with E-state index >= 15 is 0 Å². The summed E-state index contributed by atoms with van der Waals surface area (Å²) >= 11 is 0. The molecule has 90 valence electrons. The van der Waals surface area contributed by atoms with E-state index in [-0.39, 0.29) is 18.0 Å². The van der Waals surface area contributed by atoms with Crippen molar-refractivity contribution >= 4 is 5.91 Å². The number of hydrogen-bond acceptors (Lipinski definition) is 3. The number of amides is 1. The largest absolute Gasteiger partial charge is 0.351 e. The molecule has 0 aromatic carbocycles. The highest BCUT2D eigenvalue weighted by Crippen LogP contribution is 1.92. The lowest BCUT2D eigenvalue weighted by Gasteiger charge is -2.24. The van der Waals surface area contributed by atoms with E-state index in [9.17, 15) is 4.79 Å². The maximum absolute atomic E-state index is 11.6. The van der Waals surface area contributed by atoms with Crippen LogP contribution in [0.3, 0.4) is 0 Å². The van der Waals surface area contributed by atoms with Crippen molar-refractivity contribution in [3.8, 4) is 0 Å². The quantitative estimate of drug-likeness (QED) is 0.648. The fraction of sp³-hybridized carbons (Fsp3) is 0.909. The van der Waals surface area contributed by atoms with Gasteiger partial charge in [0.15, 0.2) is 0 Å². The van der Waals surface area contributed by atoms with Crippen LogP contribution < -0.4 is 10.6 Å². The summed E-state index contributed by atoms with van der Waals surface area (Å²) in [4.78, 5) is 13.9. The van der Waals surface area contributed by atoms with Crippen LogP contribution in [0.4, 0.5) is 0 Å². The van der Waals surface area contributed by atoms with E-state index in [1.54, 1.807) is 7.05 Å². The minimum atomic E-state index is -0.121. The topological polar surface area (TPSA) is 44.4 Å². The normalized spacial score (nSPS) is 15.1. The predicted octanol–water partition coefficient (Wildman–Crippen LogP) is 0.441. The summed E-state index contributed by atoms with van der Waals surface area (Å²) in [6.45, 7) is 11.1. The molecule has 1 amide bonds. The third-order valence-corrected chi connectivity index (χ3v) is 2.64. The van der Waals surface area contributed by atoms with Crippen molar-refractivity contribution < 1.29 is 4.79 Å². The molecule has 4 nitrogen and oxygen atoms in total. The summed E-state index contributed by atoms with van der Waals surface area (Å²) in [5, 5.41) is 5.91. The molecule has 0 aliphatic rings. The monoisotopic (exact) mass is 215 g/mol. The zero-order valence-electron chi connectivity index (χ0n) is 10.6. The molecular formula is C11H25N3O. The third-order valence-electron chi connectivity index (χ3n) is 2.64. The van der Waals surface area contributed by atoms with Crippen molar-refractivity contribution in [1.82, 2.24) is 15.5 Å². The zero-order valence-corrected chi connectivity index (χ0v) is 10.6. The molecule has 0 aliphatic heterocycles.